The smallest absolute Gasteiger partial charge is 0.280 e. The highest BCUT2D eigenvalue weighted by Crippen LogP contribution is 2.27. The average molecular weight is 230 g/mol. The molecule has 0 aliphatic rings. The number of benzene rings is 1. The monoisotopic (exact) mass is 230 g/mol. The van der Waals surface area contributed by atoms with Crippen LogP contribution >= 0.6 is 0 Å². The van der Waals surface area contributed by atoms with Crippen molar-refractivity contribution >= 4 is 5.69 Å². The molecule has 1 heterocycles. The minimum atomic E-state index is -0.428. The predicted octanol–water partition coefficient (Wildman–Crippen LogP) is 2.04. The van der Waals surface area contributed by atoms with E-state index in [1.54, 1.807) is 28.8 Å². The topological polar surface area (TPSA) is 73.8 Å². The molecule has 0 N–H and O–H groups in total. The van der Waals surface area contributed by atoms with E-state index in [1.165, 1.54) is 12.4 Å². The lowest BCUT2D eigenvalue weighted by Gasteiger charge is -2.03. The fraction of sp³-hybridized carbons (Fsp3) is 0.0909. The molecule has 2 rings (SSSR count). The van der Waals surface area contributed by atoms with Gasteiger partial charge in [0.2, 0.25) is 0 Å². The second kappa shape index (κ2) is 4.56. The highest BCUT2D eigenvalue weighted by molar-refractivity contribution is 5.67. The summed E-state index contributed by atoms with van der Waals surface area (Å²) in [5.41, 5.74) is 0.475. The van der Waals surface area contributed by atoms with Crippen molar-refractivity contribution in [2.45, 2.75) is 6.54 Å². The first-order valence-corrected chi connectivity index (χ1v) is 4.96. The lowest BCUT2D eigenvalue weighted by molar-refractivity contribution is -0.384. The van der Waals surface area contributed by atoms with Crippen LogP contribution in [0.4, 0.5) is 5.69 Å². The molecule has 86 valence electrons. The molecular formula is C11H10N4O2. The van der Waals surface area contributed by atoms with Crippen LogP contribution in [-0.4, -0.2) is 19.7 Å². The van der Waals surface area contributed by atoms with E-state index < -0.39 is 4.92 Å². The molecule has 0 spiro atoms. The summed E-state index contributed by atoms with van der Waals surface area (Å²) in [4.78, 5) is 10.5. The molecular weight excluding hydrogens is 220 g/mol. The number of hydrogen-bond donors (Lipinski definition) is 0. The van der Waals surface area contributed by atoms with Crippen LogP contribution in [0.15, 0.2) is 43.2 Å². The Bertz CT molecular complexity index is 562. The molecule has 0 aliphatic heterocycles. The molecule has 0 fully saturated rings. The predicted molar refractivity (Wildman–Crippen MR) is 62.3 cm³/mol. The Kier molecular flexibility index (Phi) is 2.95. The highest BCUT2D eigenvalue weighted by atomic mass is 16.6. The van der Waals surface area contributed by atoms with Crippen molar-refractivity contribution in [2.24, 2.45) is 0 Å². The maximum Gasteiger partial charge on any atom is 0.280 e. The van der Waals surface area contributed by atoms with Gasteiger partial charge in [0.05, 0.1) is 10.5 Å². The van der Waals surface area contributed by atoms with Gasteiger partial charge in [-0.15, -0.1) is 16.8 Å². The zero-order valence-electron chi connectivity index (χ0n) is 8.98. The van der Waals surface area contributed by atoms with Gasteiger partial charge in [-0.2, -0.15) is 0 Å². The Hall–Kier alpha value is -2.50. The van der Waals surface area contributed by atoms with Crippen molar-refractivity contribution in [1.29, 1.82) is 0 Å². The summed E-state index contributed by atoms with van der Waals surface area (Å²) in [7, 11) is 0. The quantitative estimate of drug-likeness (QED) is 0.457. The van der Waals surface area contributed by atoms with Crippen molar-refractivity contribution in [3.05, 3.63) is 53.4 Å². The van der Waals surface area contributed by atoms with Crippen LogP contribution in [0.25, 0.3) is 11.4 Å². The first-order chi connectivity index (χ1) is 8.24. The number of nitrogens with zero attached hydrogens (tertiary/aromatic N) is 4. The molecule has 0 bridgehead atoms. The van der Waals surface area contributed by atoms with Crippen molar-refractivity contribution in [1.82, 2.24) is 14.8 Å². The minimum absolute atomic E-state index is 0.0193. The van der Waals surface area contributed by atoms with Crippen molar-refractivity contribution in [3.63, 3.8) is 0 Å². The Balaban J connectivity index is 2.56. The van der Waals surface area contributed by atoms with Gasteiger partial charge in [0.1, 0.15) is 6.33 Å². The van der Waals surface area contributed by atoms with E-state index in [1.807, 2.05) is 0 Å². The largest absolute Gasteiger partial charge is 0.310 e. The molecule has 0 saturated heterocycles. The third kappa shape index (κ3) is 2.05. The number of rotatable bonds is 4. The van der Waals surface area contributed by atoms with Gasteiger partial charge in [-0.25, -0.2) is 0 Å². The van der Waals surface area contributed by atoms with Gasteiger partial charge in [-0.1, -0.05) is 18.2 Å². The maximum atomic E-state index is 10.9. The molecule has 0 aliphatic carbocycles. The lowest BCUT2D eigenvalue weighted by atomic mass is 10.1. The first kappa shape index (κ1) is 11.0. The van der Waals surface area contributed by atoms with E-state index in [2.05, 4.69) is 16.8 Å². The van der Waals surface area contributed by atoms with Crippen LogP contribution in [0.2, 0.25) is 0 Å². The van der Waals surface area contributed by atoms with Crippen LogP contribution in [0.5, 0.6) is 0 Å². The fourth-order valence-corrected chi connectivity index (χ4v) is 1.56. The van der Waals surface area contributed by atoms with Gasteiger partial charge < -0.3 is 4.57 Å². The molecule has 17 heavy (non-hydrogen) atoms. The first-order valence-electron chi connectivity index (χ1n) is 4.96. The molecule has 2 aromatic rings. The van der Waals surface area contributed by atoms with Gasteiger partial charge in [-0.05, 0) is 6.07 Å². The van der Waals surface area contributed by atoms with E-state index in [4.69, 9.17) is 0 Å². The summed E-state index contributed by atoms with van der Waals surface area (Å²) in [5.74, 6) is 0.470. The van der Waals surface area contributed by atoms with Crippen molar-refractivity contribution in [2.75, 3.05) is 0 Å². The Morgan fingerprint density at radius 1 is 1.47 bits per heavy atom. The Morgan fingerprint density at radius 2 is 2.24 bits per heavy atom. The van der Waals surface area contributed by atoms with Crippen LogP contribution in [0.3, 0.4) is 0 Å². The Morgan fingerprint density at radius 3 is 2.94 bits per heavy atom. The summed E-state index contributed by atoms with van der Waals surface area (Å²) in [6.07, 6.45) is 3.20. The molecule has 1 aromatic carbocycles. The van der Waals surface area contributed by atoms with Crippen molar-refractivity contribution < 1.29 is 4.92 Å². The number of nitro benzene ring substituents is 1. The van der Waals surface area contributed by atoms with Crippen LogP contribution in [0, 0.1) is 10.1 Å². The molecule has 0 saturated carbocycles. The maximum absolute atomic E-state index is 10.9. The molecule has 0 amide bonds. The standard InChI is InChI=1S/C11H10N4O2/c1-2-7-14-8-12-13-11(14)9-5-3-4-6-10(9)15(16)17/h2-6,8H,1,7H2. The average Bonchev–Trinajstić information content (AvgIpc) is 2.77. The van der Waals surface area contributed by atoms with E-state index >= 15 is 0 Å². The number of para-hydroxylation sites is 1. The SMILES string of the molecule is C=CCn1cnnc1-c1ccccc1[N+](=O)[O-]. The zero-order valence-corrected chi connectivity index (χ0v) is 8.98. The molecule has 0 unspecified atom stereocenters. The van der Waals surface area contributed by atoms with E-state index in [-0.39, 0.29) is 5.69 Å². The minimum Gasteiger partial charge on any atom is -0.310 e. The summed E-state index contributed by atoms with van der Waals surface area (Å²) < 4.78 is 1.70. The Labute approximate surface area is 97.4 Å². The van der Waals surface area contributed by atoms with Gasteiger partial charge in [0, 0.05) is 12.6 Å². The molecule has 1 aromatic heterocycles. The fourth-order valence-electron chi connectivity index (χ4n) is 1.56. The number of nitro groups is 1. The third-order valence-electron chi connectivity index (χ3n) is 2.28. The number of aromatic nitrogens is 3. The summed E-state index contributed by atoms with van der Waals surface area (Å²) in [6.45, 7) is 4.13. The second-order valence-corrected chi connectivity index (χ2v) is 3.37. The summed E-state index contributed by atoms with van der Waals surface area (Å²) >= 11 is 0. The molecule has 0 radical (unpaired) electrons. The number of hydrogen-bond acceptors (Lipinski definition) is 4. The van der Waals surface area contributed by atoms with Crippen LogP contribution < -0.4 is 0 Å². The molecule has 0 atom stereocenters. The lowest BCUT2D eigenvalue weighted by Crippen LogP contribution is -1.99. The van der Waals surface area contributed by atoms with Crippen LogP contribution in [0.1, 0.15) is 0 Å². The molecule has 6 heteroatoms. The van der Waals surface area contributed by atoms with Gasteiger partial charge >= 0.3 is 0 Å². The van der Waals surface area contributed by atoms with Crippen LogP contribution in [-0.2, 0) is 6.54 Å². The second-order valence-electron chi connectivity index (χ2n) is 3.37. The normalized spacial score (nSPS) is 10.1. The van der Waals surface area contributed by atoms with E-state index in [0.29, 0.717) is 17.9 Å². The van der Waals surface area contributed by atoms with Gasteiger partial charge in [0.15, 0.2) is 5.82 Å². The molecule has 6 nitrogen and oxygen atoms in total. The zero-order chi connectivity index (χ0) is 12.3. The summed E-state index contributed by atoms with van der Waals surface area (Å²) in [5, 5.41) is 18.6. The van der Waals surface area contributed by atoms with Crippen molar-refractivity contribution in [3.8, 4) is 11.4 Å². The number of allylic oxidation sites excluding steroid dienone is 1. The van der Waals surface area contributed by atoms with E-state index in [9.17, 15) is 10.1 Å². The summed E-state index contributed by atoms with van der Waals surface area (Å²) in [6, 6.07) is 6.45. The van der Waals surface area contributed by atoms with Gasteiger partial charge in [-0.3, -0.25) is 10.1 Å². The third-order valence-corrected chi connectivity index (χ3v) is 2.28. The van der Waals surface area contributed by atoms with Gasteiger partial charge in [0.25, 0.3) is 5.69 Å². The highest BCUT2D eigenvalue weighted by Gasteiger charge is 2.18. The van der Waals surface area contributed by atoms with E-state index in [0.717, 1.165) is 0 Å².